The molecule has 2 saturated heterocycles. The summed E-state index contributed by atoms with van der Waals surface area (Å²) < 4.78 is 32.7. The number of hydrogen-bond donors (Lipinski definition) is 2. The number of benzene rings is 1. The molecule has 2 aliphatic rings. The molecule has 0 aliphatic carbocycles. The first-order chi connectivity index (χ1) is 19.4. The minimum Gasteiger partial charge on any atom is -0.444 e. The molecule has 12 heteroatoms. The summed E-state index contributed by atoms with van der Waals surface area (Å²) in [4.78, 5) is 30.7. The minimum absolute atomic E-state index is 0.0214. The van der Waals surface area contributed by atoms with Crippen LogP contribution in [0.3, 0.4) is 0 Å². The second-order valence-corrected chi connectivity index (χ2v) is 18.7. The highest BCUT2D eigenvalue weighted by molar-refractivity contribution is 6.74. The fraction of sp³-hybridized carbons (Fsp3) is 0.633. The molecule has 0 unspecified atom stereocenters. The third-order valence-electron chi connectivity index (χ3n) is 7.74. The number of rotatable bonds is 8. The van der Waals surface area contributed by atoms with Gasteiger partial charge in [0.2, 0.25) is 0 Å². The monoisotopic (exact) mass is 602 g/mol. The Bertz CT molecular complexity index is 1270. The fourth-order valence-corrected chi connectivity index (χ4v) is 5.64. The SMILES string of the molecule is CC(C)(C)OC(=O)Nc1c(C(=O)NCc2ccccc2)ncn1[C@@H]1O[C@H](CO[Si](C)(C)C(C)(C)C)[C@H]2OC(C)(C)O[C@H]21. The summed E-state index contributed by atoms with van der Waals surface area (Å²) in [5.41, 5.74) is 0.200. The Labute approximate surface area is 249 Å². The van der Waals surface area contributed by atoms with Crippen LogP contribution in [0.1, 0.15) is 77.7 Å². The van der Waals surface area contributed by atoms with E-state index in [1.54, 1.807) is 25.3 Å². The maximum absolute atomic E-state index is 13.3. The van der Waals surface area contributed by atoms with E-state index in [1.165, 1.54) is 6.33 Å². The number of carbonyl (C=O) groups is 2. The molecule has 0 radical (unpaired) electrons. The number of imidazole rings is 1. The zero-order valence-corrected chi connectivity index (χ0v) is 27.4. The van der Waals surface area contributed by atoms with Crippen molar-refractivity contribution in [3.8, 4) is 0 Å². The molecule has 1 aromatic heterocycles. The maximum atomic E-state index is 13.3. The first-order valence-corrected chi connectivity index (χ1v) is 17.3. The maximum Gasteiger partial charge on any atom is 0.413 e. The van der Waals surface area contributed by atoms with Gasteiger partial charge in [-0.25, -0.2) is 9.78 Å². The molecule has 0 spiro atoms. The number of nitrogens with zero attached hydrogens (tertiary/aromatic N) is 2. The van der Waals surface area contributed by atoms with Crippen molar-refractivity contribution >= 4 is 26.1 Å². The third-order valence-corrected chi connectivity index (χ3v) is 12.2. The molecule has 1 aromatic carbocycles. The largest absolute Gasteiger partial charge is 0.444 e. The van der Waals surface area contributed by atoms with Gasteiger partial charge < -0.3 is 28.7 Å². The Balaban J connectivity index is 1.63. The van der Waals surface area contributed by atoms with Crippen molar-refractivity contribution in [3.05, 3.63) is 47.9 Å². The van der Waals surface area contributed by atoms with E-state index in [4.69, 9.17) is 23.4 Å². The normalized spacial score (nSPS) is 23.9. The first-order valence-electron chi connectivity index (χ1n) is 14.4. The Kier molecular flexibility index (Phi) is 8.97. The molecule has 42 heavy (non-hydrogen) atoms. The summed E-state index contributed by atoms with van der Waals surface area (Å²) in [5.74, 6) is -1.18. The van der Waals surface area contributed by atoms with Crippen LogP contribution < -0.4 is 10.6 Å². The van der Waals surface area contributed by atoms with Gasteiger partial charge in [0.25, 0.3) is 5.91 Å². The van der Waals surface area contributed by atoms with Gasteiger partial charge >= 0.3 is 6.09 Å². The molecule has 2 N–H and O–H groups in total. The lowest BCUT2D eigenvalue weighted by atomic mass is 10.1. The van der Waals surface area contributed by atoms with Crippen LogP contribution in [0.25, 0.3) is 0 Å². The molecule has 3 heterocycles. The summed E-state index contributed by atoms with van der Waals surface area (Å²) in [6.07, 6.45) is -1.42. The Morgan fingerprint density at radius 1 is 1.05 bits per heavy atom. The Hall–Kier alpha value is -2.77. The van der Waals surface area contributed by atoms with E-state index in [9.17, 15) is 9.59 Å². The lowest BCUT2D eigenvalue weighted by molar-refractivity contribution is -0.199. The molecule has 4 rings (SSSR count). The summed E-state index contributed by atoms with van der Waals surface area (Å²) in [7, 11) is -2.08. The van der Waals surface area contributed by atoms with Gasteiger partial charge in [0.1, 0.15) is 23.9 Å². The first kappa shape index (κ1) is 32.1. The molecule has 2 fully saturated rings. The van der Waals surface area contributed by atoms with E-state index in [1.807, 2.05) is 44.2 Å². The highest BCUT2D eigenvalue weighted by atomic mass is 28.4. The topological polar surface area (TPSA) is 122 Å². The van der Waals surface area contributed by atoms with Crippen LogP contribution in [-0.4, -0.2) is 66.2 Å². The smallest absolute Gasteiger partial charge is 0.413 e. The van der Waals surface area contributed by atoms with Crippen molar-refractivity contribution in [2.45, 2.75) is 116 Å². The van der Waals surface area contributed by atoms with Gasteiger partial charge in [-0.15, -0.1) is 0 Å². The van der Waals surface area contributed by atoms with Crippen molar-refractivity contribution in [1.29, 1.82) is 0 Å². The van der Waals surface area contributed by atoms with Crippen molar-refractivity contribution in [1.82, 2.24) is 14.9 Å². The lowest BCUT2D eigenvalue weighted by Crippen LogP contribution is -2.44. The molecule has 11 nitrogen and oxygen atoms in total. The van der Waals surface area contributed by atoms with Crippen LogP contribution in [0.4, 0.5) is 10.6 Å². The number of fused-ring (bicyclic) bond motifs is 1. The molecular weight excluding hydrogens is 556 g/mol. The van der Waals surface area contributed by atoms with E-state index in [0.29, 0.717) is 13.2 Å². The van der Waals surface area contributed by atoms with Crippen molar-refractivity contribution in [3.63, 3.8) is 0 Å². The highest BCUT2D eigenvalue weighted by Crippen LogP contribution is 2.45. The van der Waals surface area contributed by atoms with Gasteiger partial charge in [0.15, 0.2) is 31.8 Å². The molecule has 232 valence electrons. The third kappa shape index (κ3) is 7.40. The van der Waals surface area contributed by atoms with Gasteiger partial charge in [0, 0.05) is 6.54 Å². The highest BCUT2D eigenvalue weighted by Gasteiger charge is 2.57. The summed E-state index contributed by atoms with van der Waals surface area (Å²) >= 11 is 0. The molecule has 0 bridgehead atoms. The van der Waals surface area contributed by atoms with Crippen LogP contribution in [0.15, 0.2) is 36.7 Å². The second-order valence-electron chi connectivity index (χ2n) is 13.8. The average Bonchev–Trinajstić information content (AvgIpc) is 3.50. The molecule has 4 atom stereocenters. The number of anilines is 1. The van der Waals surface area contributed by atoms with E-state index in [0.717, 1.165) is 5.56 Å². The number of ether oxygens (including phenoxy) is 4. The van der Waals surface area contributed by atoms with Gasteiger partial charge in [0.05, 0.1) is 12.9 Å². The number of amides is 2. The predicted octanol–water partition coefficient (Wildman–Crippen LogP) is 5.60. The van der Waals surface area contributed by atoms with Crippen LogP contribution in [0, 0.1) is 0 Å². The van der Waals surface area contributed by atoms with Crippen molar-refractivity contribution < 1.29 is 33.0 Å². The zero-order chi connectivity index (χ0) is 31.1. The lowest BCUT2D eigenvalue weighted by Gasteiger charge is -2.37. The van der Waals surface area contributed by atoms with E-state index < -0.39 is 56.2 Å². The second kappa shape index (κ2) is 11.7. The number of carbonyl (C=O) groups excluding carboxylic acids is 2. The van der Waals surface area contributed by atoms with E-state index in [-0.39, 0.29) is 16.6 Å². The Morgan fingerprint density at radius 3 is 2.31 bits per heavy atom. The quantitative estimate of drug-likeness (QED) is 0.375. The van der Waals surface area contributed by atoms with Crippen LogP contribution in [0.2, 0.25) is 18.1 Å². The number of nitrogens with one attached hydrogen (secondary N) is 2. The van der Waals surface area contributed by atoms with Crippen LogP contribution in [0.5, 0.6) is 0 Å². The Morgan fingerprint density at radius 2 is 1.69 bits per heavy atom. The predicted molar refractivity (Wildman–Crippen MR) is 161 cm³/mol. The molecular formula is C30H46N4O7Si. The van der Waals surface area contributed by atoms with Crippen molar-refractivity contribution in [2.75, 3.05) is 11.9 Å². The van der Waals surface area contributed by atoms with Gasteiger partial charge in [-0.2, -0.15) is 0 Å². The zero-order valence-electron chi connectivity index (χ0n) is 26.4. The summed E-state index contributed by atoms with van der Waals surface area (Å²) in [6, 6.07) is 9.53. The van der Waals surface area contributed by atoms with Gasteiger partial charge in [-0.1, -0.05) is 51.1 Å². The van der Waals surface area contributed by atoms with E-state index >= 15 is 0 Å². The van der Waals surface area contributed by atoms with Gasteiger partial charge in [-0.3, -0.25) is 14.7 Å². The minimum atomic E-state index is -2.08. The van der Waals surface area contributed by atoms with Crippen LogP contribution >= 0.6 is 0 Å². The fourth-order valence-electron chi connectivity index (χ4n) is 4.63. The number of aromatic nitrogens is 2. The summed E-state index contributed by atoms with van der Waals surface area (Å²) in [5, 5.41) is 5.64. The van der Waals surface area contributed by atoms with Crippen LogP contribution in [-0.2, 0) is 29.9 Å². The molecule has 2 aromatic rings. The standard InChI is InChI=1S/C30H46N4O7Si/c1-28(2,3)41-27(36)33-24-21(25(35)31-16-19-14-12-11-13-15-19)32-18-34(24)26-23-22(39-30(7,8)40-23)20(38-26)17-37-42(9,10)29(4,5)6/h11-15,18,20,22-23,26H,16-17H2,1-10H3,(H,31,35)(H,33,36)/t20-,22-,23-,26-/m1/s1. The van der Waals surface area contributed by atoms with Gasteiger partial charge in [-0.05, 0) is 58.3 Å². The van der Waals surface area contributed by atoms with Crippen molar-refractivity contribution in [2.24, 2.45) is 0 Å². The molecule has 2 amide bonds. The summed E-state index contributed by atoms with van der Waals surface area (Å²) in [6.45, 7) is 20.5. The molecule has 0 saturated carbocycles. The van der Waals surface area contributed by atoms with E-state index in [2.05, 4.69) is 49.5 Å². The average molecular weight is 603 g/mol. The number of hydrogen-bond acceptors (Lipinski definition) is 8. The molecule has 2 aliphatic heterocycles.